The molecule has 0 aliphatic heterocycles. The van der Waals surface area contributed by atoms with E-state index < -0.39 is 0 Å². The Bertz CT molecular complexity index is 648. The average Bonchev–Trinajstić information content (AvgIpc) is 2.47. The van der Waals surface area contributed by atoms with Crippen molar-refractivity contribution < 1.29 is 0 Å². The molecule has 0 nitrogen and oxygen atoms in total. The third-order valence-corrected chi connectivity index (χ3v) is 3.40. The second-order valence-corrected chi connectivity index (χ2v) is 4.53. The van der Waals surface area contributed by atoms with Crippen molar-refractivity contribution in [2.45, 2.75) is 5.92 Å². The van der Waals surface area contributed by atoms with E-state index in [1.54, 1.807) is 0 Å². The summed E-state index contributed by atoms with van der Waals surface area (Å²) >= 11 is 0. The predicted octanol–water partition coefficient (Wildman–Crippen LogP) is 4.81. The van der Waals surface area contributed by atoms with Crippen LogP contribution < -0.4 is 0 Å². The van der Waals surface area contributed by atoms with Crippen LogP contribution in [-0.2, 0) is 0 Å². The lowest BCUT2D eigenvalue weighted by molar-refractivity contribution is 1.04. The van der Waals surface area contributed by atoms with Crippen LogP contribution in [-0.4, -0.2) is 0 Å². The van der Waals surface area contributed by atoms with E-state index >= 15 is 0 Å². The molecular weight excluding hydrogens is 216 g/mol. The molecule has 0 bridgehead atoms. The van der Waals surface area contributed by atoms with E-state index in [0.717, 1.165) is 0 Å². The fourth-order valence-electron chi connectivity index (χ4n) is 2.42. The predicted molar refractivity (Wildman–Crippen MR) is 77.6 cm³/mol. The number of rotatable bonds is 2. The molecule has 0 aliphatic carbocycles. The lowest BCUT2D eigenvalue weighted by Gasteiger charge is -2.15. The average molecular weight is 231 g/mol. The third kappa shape index (κ3) is 1.91. The molecule has 0 aliphatic rings. The zero-order valence-electron chi connectivity index (χ0n) is 10.2. The first-order chi connectivity index (χ1) is 8.86. The quantitative estimate of drug-likeness (QED) is 0.594. The minimum Gasteiger partial charge on any atom is -0.0622 e. The molecule has 0 heterocycles. The molecule has 0 fully saturated rings. The van der Waals surface area contributed by atoms with E-state index in [1.807, 2.05) is 6.07 Å². The van der Waals surface area contributed by atoms with Gasteiger partial charge in [0.2, 0.25) is 0 Å². The van der Waals surface area contributed by atoms with Crippen molar-refractivity contribution >= 4 is 10.8 Å². The van der Waals surface area contributed by atoms with Crippen molar-refractivity contribution in [2.24, 2.45) is 0 Å². The van der Waals surface area contributed by atoms with Gasteiger partial charge >= 0.3 is 0 Å². The molecule has 1 radical (unpaired) electrons. The summed E-state index contributed by atoms with van der Waals surface area (Å²) in [5.41, 5.74) is 2.55. The van der Waals surface area contributed by atoms with Crippen LogP contribution >= 0.6 is 0 Å². The number of hydrogen-bond donors (Lipinski definition) is 0. The molecule has 3 rings (SSSR count). The number of benzene rings is 3. The van der Waals surface area contributed by atoms with E-state index in [1.165, 1.54) is 21.9 Å². The number of hydrogen-bond acceptors (Lipinski definition) is 0. The SMILES string of the molecule is [CH2]C(c1ccccc1)c1cccc2ccccc12. The van der Waals surface area contributed by atoms with Crippen LogP contribution in [0.4, 0.5) is 0 Å². The highest BCUT2D eigenvalue weighted by atomic mass is 14.1. The van der Waals surface area contributed by atoms with Gasteiger partial charge in [-0.05, 0) is 28.8 Å². The molecule has 1 unspecified atom stereocenters. The Kier molecular flexibility index (Phi) is 2.85. The van der Waals surface area contributed by atoms with Crippen LogP contribution in [0.1, 0.15) is 17.0 Å². The molecule has 0 N–H and O–H groups in total. The molecule has 18 heavy (non-hydrogen) atoms. The molecule has 3 aromatic carbocycles. The standard InChI is InChI=1S/C18H15/c1-14(15-8-3-2-4-9-15)17-13-7-11-16-10-5-6-12-18(16)17/h2-14H,1H2. The molecular formula is C18H15. The molecule has 0 saturated heterocycles. The minimum absolute atomic E-state index is 0.178. The fourth-order valence-corrected chi connectivity index (χ4v) is 2.42. The van der Waals surface area contributed by atoms with Gasteiger partial charge in [0.05, 0.1) is 0 Å². The molecule has 0 saturated carbocycles. The van der Waals surface area contributed by atoms with Crippen molar-refractivity contribution in [3.05, 3.63) is 90.8 Å². The summed E-state index contributed by atoms with van der Waals surface area (Å²) in [5, 5.41) is 2.57. The topological polar surface area (TPSA) is 0 Å². The van der Waals surface area contributed by atoms with Gasteiger partial charge in [-0.15, -0.1) is 0 Å². The molecule has 0 heteroatoms. The maximum Gasteiger partial charge on any atom is 0.00958 e. The maximum atomic E-state index is 4.33. The maximum absolute atomic E-state index is 4.33. The largest absolute Gasteiger partial charge is 0.0622 e. The van der Waals surface area contributed by atoms with E-state index in [4.69, 9.17) is 0 Å². The first-order valence-corrected chi connectivity index (χ1v) is 6.22. The van der Waals surface area contributed by atoms with Crippen molar-refractivity contribution in [3.63, 3.8) is 0 Å². The summed E-state index contributed by atoms with van der Waals surface area (Å²) < 4.78 is 0. The summed E-state index contributed by atoms with van der Waals surface area (Å²) in [7, 11) is 0. The smallest absolute Gasteiger partial charge is 0.00958 e. The minimum atomic E-state index is 0.178. The van der Waals surface area contributed by atoms with Gasteiger partial charge in [0.25, 0.3) is 0 Å². The highest BCUT2D eigenvalue weighted by Crippen LogP contribution is 2.29. The summed E-state index contributed by atoms with van der Waals surface area (Å²) in [6.07, 6.45) is 0. The zero-order valence-corrected chi connectivity index (χ0v) is 10.2. The van der Waals surface area contributed by atoms with Crippen molar-refractivity contribution in [1.82, 2.24) is 0 Å². The number of fused-ring (bicyclic) bond motifs is 1. The summed E-state index contributed by atoms with van der Waals surface area (Å²) in [6, 6.07) is 25.4. The molecule has 87 valence electrons. The van der Waals surface area contributed by atoms with Crippen molar-refractivity contribution in [3.8, 4) is 0 Å². The fraction of sp³-hybridized carbons (Fsp3) is 0.0556. The van der Waals surface area contributed by atoms with Gasteiger partial charge in [-0.25, -0.2) is 0 Å². The van der Waals surface area contributed by atoms with Crippen molar-refractivity contribution in [1.29, 1.82) is 0 Å². The highest BCUT2D eigenvalue weighted by Gasteiger charge is 2.10. The Hall–Kier alpha value is -2.08. The summed E-state index contributed by atoms with van der Waals surface area (Å²) in [4.78, 5) is 0. The Labute approximate surface area is 108 Å². The lowest BCUT2D eigenvalue weighted by Crippen LogP contribution is -1.97. The second kappa shape index (κ2) is 4.66. The van der Waals surface area contributed by atoms with Crippen LogP contribution in [0.3, 0.4) is 0 Å². The van der Waals surface area contributed by atoms with E-state index in [-0.39, 0.29) is 5.92 Å². The van der Waals surface area contributed by atoms with E-state index in [2.05, 4.69) is 73.7 Å². The van der Waals surface area contributed by atoms with E-state index in [9.17, 15) is 0 Å². The molecule has 3 aromatic rings. The highest BCUT2D eigenvalue weighted by molar-refractivity contribution is 5.86. The molecule has 0 amide bonds. The van der Waals surface area contributed by atoms with Gasteiger partial charge in [-0.2, -0.15) is 0 Å². The summed E-state index contributed by atoms with van der Waals surface area (Å²) in [5.74, 6) is 0.178. The summed E-state index contributed by atoms with van der Waals surface area (Å²) in [6.45, 7) is 4.33. The Morgan fingerprint density at radius 2 is 1.33 bits per heavy atom. The lowest BCUT2D eigenvalue weighted by atomic mass is 9.89. The zero-order chi connectivity index (χ0) is 12.4. The van der Waals surface area contributed by atoms with Crippen LogP contribution in [0.25, 0.3) is 10.8 Å². The van der Waals surface area contributed by atoms with Gasteiger partial charge in [-0.3, -0.25) is 0 Å². The van der Waals surface area contributed by atoms with Crippen LogP contribution in [0.5, 0.6) is 0 Å². The van der Waals surface area contributed by atoms with Gasteiger partial charge in [0, 0.05) is 5.92 Å². The Morgan fingerprint density at radius 1 is 0.667 bits per heavy atom. The van der Waals surface area contributed by atoms with Gasteiger partial charge in [0.15, 0.2) is 0 Å². The molecule has 0 spiro atoms. The van der Waals surface area contributed by atoms with Gasteiger partial charge in [0.1, 0.15) is 0 Å². The first-order valence-electron chi connectivity index (χ1n) is 6.22. The van der Waals surface area contributed by atoms with Crippen LogP contribution in [0, 0.1) is 6.92 Å². The van der Waals surface area contributed by atoms with Crippen LogP contribution in [0.2, 0.25) is 0 Å². The van der Waals surface area contributed by atoms with E-state index in [0.29, 0.717) is 0 Å². The normalized spacial score (nSPS) is 12.5. The first kappa shape index (κ1) is 11.0. The third-order valence-electron chi connectivity index (χ3n) is 3.40. The van der Waals surface area contributed by atoms with Crippen LogP contribution in [0.15, 0.2) is 72.8 Å². The van der Waals surface area contributed by atoms with Crippen molar-refractivity contribution in [2.75, 3.05) is 0 Å². The second-order valence-electron chi connectivity index (χ2n) is 4.53. The monoisotopic (exact) mass is 231 g/mol. The van der Waals surface area contributed by atoms with Gasteiger partial charge in [-0.1, -0.05) is 72.8 Å². The molecule has 0 aromatic heterocycles. The Balaban J connectivity index is 2.15. The Morgan fingerprint density at radius 3 is 2.17 bits per heavy atom. The van der Waals surface area contributed by atoms with Gasteiger partial charge < -0.3 is 0 Å². The molecule has 1 atom stereocenters.